The molecule has 7 nitrogen and oxygen atoms in total. The van der Waals surface area contributed by atoms with E-state index < -0.39 is 4.92 Å². The monoisotopic (exact) mass is 293 g/mol. The van der Waals surface area contributed by atoms with Crippen molar-refractivity contribution in [2.45, 2.75) is 26.2 Å². The number of nitro benzene ring substituents is 1. The largest absolute Gasteiger partial charge is 0.396 e. The highest BCUT2D eigenvalue weighted by Crippen LogP contribution is 2.34. The van der Waals surface area contributed by atoms with E-state index in [1.54, 1.807) is 6.07 Å². The number of nitrogens with zero attached hydrogens (tertiary/aromatic N) is 1. The molecule has 0 aliphatic carbocycles. The van der Waals surface area contributed by atoms with E-state index in [-0.39, 0.29) is 30.5 Å². The van der Waals surface area contributed by atoms with E-state index in [2.05, 4.69) is 10.6 Å². The predicted molar refractivity (Wildman–Crippen MR) is 79.4 cm³/mol. The number of rotatable bonds is 7. The summed E-state index contributed by atoms with van der Waals surface area (Å²) in [6, 6.07) is 3.06. The molecule has 7 heteroatoms. The van der Waals surface area contributed by atoms with Crippen molar-refractivity contribution in [1.29, 1.82) is 0 Å². The maximum Gasteiger partial charge on any atom is 0.292 e. The minimum atomic E-state index is -0.446. The number of carbonyl (C=O) groups is 1. The summed E-state index contributed by atoms with van der Waals surface area (Å²) in [5, 5.41) is 25.9. The van der Waals surface area contributed by atoms with Gasteiger partial charge in [-0.25, -0.2) is 0 Å². The van der Waals surface area contributed by atoms with Crippen molar-refractivity contribution in [2.75, 3.05) is 23.8 Å². The Bertz CT molecular complexity index is 559. The lowest BCUT2D eigenvalue weighted by molar-refractivity contribution is -0.384. The zero-order chi connectivity index (χ0) is 15.4. The average Bonchev–Trinajstić information content (AvgIpc) is 2.81. The van der Waals surface area contributed by atoms with E-state index in [9.17, 15) is 14.9 Å². The number of anilines is 2. The number of amides is 1. The lowest BCUT2D eigenvalue weighted by Gasteiger charge is -2.16. The molecule has 1 aromatic rings. The summed E-state index contributed by atoms with van der Waals surface area (Å²) in [5.41, 5.74) is 1.66. The van der Waals surface area contributed by atoms with E-state index in [4.69, 9.17) is 5.11 Å². The first-order chi connectivity index (χ1) is 10.0. The molecule has 0 bridgehead atoms. The molecule has 0 saturated heterocycles. The number of fused-ring (bicyclic) bond motifs is 1. The first kappa shape index (κ1) is 15.2. The molecule has 114 valence electrons. The zero-order valence-corrected chi connectivity index (χ0v) is 11.9. The Morgan fingerprint density at radius 1 is 1.52 bits per heavy atom. The summed E-state index contributed by atoms with van der Waals surface area (Å²) < 4.78 is 0. The van der Waals surface area contributed by atoms with E-state index in [0.29, 0.717) is 29.9 Å². The van der Waals surface area contributed by atoms with Gasteiger partial charge >= 0.3 is 0 Å². The molecule has 2 rings (SSSR count). The normalized spacial score (nSPS) is 14.5. The standard InChI is InChI=1S/C14H19N3O4/c1-2-9(3-4-18)8-15-12-7-11-10(6-14(19)16-11)5-13(12)17(20)21/h5,7,9,15,18H,2-4,6,8H2,1H3,(H,16,19). The highest BCUT2D eigenvalue weighted by atomic mass is 16.6. The summed E-state index contributed by atoms with van der Waals surface area (Å²) in [4.78, 5) is 22.1. The second-order valence-corrected chi connectivity index (χ2v) is 5.18. The van der Waals surface area contributed by atoms with Crippen LogP contribution in [-0.2, 0) is 11.2 Å². The third-order valence-corrected chi connectivity index (χ3v) is 3.74. The van der Waals surface area contributed by atoms with Gasteiger partial charge in [-0.3, -0.25) is 14.9 Å². The average molecular weight is 293 g/mol. The van der Waals surface area contributed by atoms with Crippen LogP contribution in [0.4, 0.5) is 17.1 Å². The lowest BCUT2D eigenvalue weighted by atomic mass is 10.0. The van der Waals surface area contributed by atoms with E-state index in [1.165, 1.54) is 6.07 Å². The van der Waals surface area contributed by atoms with Gasteiger partial charge in [-0.2, -0.15) is 0 Å². The molecule has 1 heterocycles. The first-order valence-electron chi connectivity index (χ1n) is 7.01. The third kappa shape index (κ3) is 3.49. The smallest absolute Gasteiger partial charge is 0.292 e. The quantitative estimate of drug-likeness (QED) is 0.526. The van der Waals surface area contributed by atoms with E-state index in [0.717, 1.165) is 6.42 Å². The highest BCUT2D eigenvalue weighted by Gasteiger charge is 2.24. The number of aliphatic hydroxyl groups is 1. The molecule has 0 aromatic heterocycles. The Balaban J connectivity index is 2.20. The SMILES string of the molecule is CCC(CCO)CNc1cc2c(cc1[N+](=O)[O-])CC(=O)N2. The summed E-state index contributed by atoms with van der Waals surface area (Å²) >= 11 is 0. The van der Waals surface area contributed by atoms with Crippen LogP contribution in [0, 0.1) is 16.0 Å². The van der Waals surface area contributed by atoms with Crippen LogP contribution in [0.1, 0.15) is 25.3 Å². The van der Waals surface area contributed by atoms with Crippen LogP contribution in [0.15, 0.2) is 12.1 Å². The van der Waals surface area contributed by atoms with Crippen LogP contribution in [0.3, 0.4) is 0 Å². The molecule has 1 unspecified atom stereocenters. The highest BCUT2D eigenvalue weighted by molar-refractivity contribution is 6.00. The van der Waals surface area contributed by atoms with Gasteiger partial charge in [-0.05, 0) is 24.0 Å². The van der Waals surface area contributed by atoms with Crippen molar-refractivity contribution >= 4 is 23.0 Å². The van der Waals surface area contributed by atoms with E-state index in [1.807, 2.05) is 6.92 Å². The van der Waals surface area contributed by atoms with Gasteiger partial charge in [0.1, 0.15) is 5.69 Å². The summed E-state index contributed by atoms with van der Waals surface area (Å²) in [7, 11) is 0. The van der Waals surface area contributed by atoms with Gasteiger partial charge in [-0.15, -0.1) is 0 Å². The number of carbonyl (C=O) groups excluding carboxylic acids is 1. The van der Waals surface area contributed by atoms with Crippen LogP contribution in [0.25, 0.3) is 0 Å². The fourth-order valence-corrected chi connectivity index (χ4v) is 2.44. The Hall–Kier alpha value is -2.15. The maximum atomic E-state index is 11.4. The van der Waals surface area contributed by atoms with Gasteiger partial charge < -0.3 is 15.7 Å². The molecule has 0 fully saturated rings. The Kier molecular flexibility index (Phi) is 4.74. The summed E-state index contributed by atoms with van der Waals surface area (Å²) in [6.45, 7) is 2.66. The minimum Gasteiger partial charge on any atom is -0.396 e. The number of benzene rings is 1. The number of hydrogen-bond donors (Lipinski definition) is 3. The molecule has 0 radical (unpaired) electrons. The molecule has 21 heavy (non-hydrogen) atoms. The molecular formula is C14H19N3O4. The molecule has 0 saturated carbocycles. The molecule has 1 aliphatic rings. The fraction of sp³-hybridized carbons (Fsp3) is 0.500. The minimum absolute atomic E-state index is 0.0240. The predicted octanol–water partition coefficient (Wildman–Crippen LogP) is 1.91. The van der Waals surface area contributed by atoms with Crippen molar-refractivity contribution in [1.82, 2.24) is 0 Å². The summed E-state index contributed by atoms with van der Waals surface area (Å²) in [5.74, 6) is 0.0978. The zero-order valence-electron chi connectivity index (χ0n) is 11.9. The van der Waals surface area contributed by atoms with Crippen molar-refractivity contribution in [3.05, 3.63) is 27.8 Å². The number of hydrogen-bond acceptors (Lipinski definition) is 5. The van der Waals surface area contributed by atoms with Crippen molar-refractivity contribution < 1.29 is 14.8 Å². The van der Waals surface area contributed by atoms with Gasteiger partial charge in [0.05, 0.1) is 11.3 Å². The van der Waals surface area contributed by atoms with Gasteiger partial charge in [0.25, 0.3) is 5.69 Å². The molecule has 1 aromatic carbocycles. The molecule has 1 atom stereocenters. The van der Waals surface area contributed by atoms with Crippen LogP contribution in [0.2, 0.25) is 0 Å². The molecule has 1 amide bonds. The summed E-state index contributed by atoms with van der Waals surface area (Å²) in [6.07, 6.45) is 1.71. The number of nitro groups is 1. The van der Waals surface area contributed by atoms with Crippen molar-refractivity contribution in [3.8, 4) is 0 Å². The van der Waals surface area contributed by atoms with Crippen LogP contribution in [-0.4, -0.2) is 29.1 Å². The van der Waals surface area contributed by atoms with Gasteiger partial charge in [-0.1, -0.05) is 13.3 Å². The second kappa shape index (κ2) is 6.53. The van der Waals surface area contributed by atoms with Crippen LogP contribution in [0.5, 0.6) is 0 Å². The van der Waals surface area contributed by atoms with Gasteiger partial charge in [0.2, 0.25) is 5.91 Å². The number of aliphatic hydroxyl groups excluding tert-OH is 1. The third-order valence-electron chi connectivity index (χ3n) is 3.74. The van der Waals surface area contributed by atoms with Crippen molar-refractivity contribution in [3.63, 3.8) is 0 Å². The Morgan fingerprint density at radius 2 is 2.29 bits per heavy atom. The van der Waals surface area contributed by atoms with Crippen LogP contribution < -0.4 is 10.6 Å². The Morgan fingerprint density at radius 3 is 2.90 bits per heavy atom. The van der Waals surface area contributed by atoms with E-state index >= 15 is 0 Å². The molecular weight excluding hydrogens is 274 g/mol. The van der Waals surface area contributed by atoms with Gasteiger partial charge in [0.15, 0.2) is 0 Å². The van der Waals surface area contributed by atoms with Gasteiger partial charge in [0, 0.05) is 24.9 Å². The lowest BCUT2D eigenvalue weighted by Crippen LogP contribution is -2.15. The Labute approximate surface area is 122 Å². The second-order valence-electron chi connectivity index (χ2n) is 5.18. The fourth-order valence-electron chi connectivity index (χ4n) is 2.44. The molecule has 0 spiro atoms. The first-order valence-corrected chi connectivity index (χ1v) is 7.01. The molecule has 1 aliphatic heterocycles. The van der Waals surface area contributed by atoms with Crippen LogP contribution >= 0.6 is 0 Å². The maximum absolute atomic E-state index is 11.4. The topological polar surface area (TPSA) is 104 Å². The molecule has 3 N–H and O–H groups in total. The van der Waals surface area contributed by atoms with Crippen molar-refractivity contribution in [2.24, 2.45) is 5.92 Å². The number of nitrogens with one attached hydrogen (secondary N) is 2.